The molecule has 2 heterocycles. The summed E-state index contributed by atoms with van der Waals surface area (Å²) in [6.07, 6.45) is 1.63. The van der Waals surface area contributed by atoms with E-state index >= 15 is 0 Å². The van der Waals surface area contributed by atoms with Crippen molar-refractivity contribution in [3.63, 3.8) is 0 Å². The van der Waals surface area contributed by atoms with Gasteiger partial charge in [0, 0.05) is 30.8 Å². The molecular formula is C24H31ClN6O6S. The minimum atomic E-state index is -4.14. The molecule has 2 aromatic heterocycles. The van der Waals surface area contributed by atoms with Gasteiger partial charge >= 0.3 is 0 Å². The van der Waals surface area contributed by atoms with Gasteiger partial charge in [0.25, 0.3) is 0 Å². The molecular weight excluding hydrogens is 536 g/mol. The largest absolute Gasteiger partial charge is 0.494 e. The van der Waals surface area contributed by atoms with E-state index in [1.165, 1.54) is 40.6 Å². The van der Waals surface area contributed by atoms with Crippen molar-refractivity contribution in [3.05, 3.63) is 47.3 Å². The monoisotopic (exact) mass is 566 g/mol. The van der Waals surface area contributed by atoms with Gasteiger partial charge in [0.2, 0.25) is 16.0 Å². The molecule has 4 atom stereocenters. The van der Waals surface area contributed by atoms with Gasteiger partial charge in [0.15, 0.2) is 5.82 Å². The Balaban J connectivity index is 1.81. The summed E-state index contributed by atoms with van der Waals surface area (Å²) in [7, 11) is 0.240. The van der Waals surface area contributed by atoms with Gasteiger partial charge in [0.1, 0.15) is 34.4 Å². The number of nitrogens with one attached hydrogen (secondary N) is 1. The molecule has 1 aliphatic carbocycles. The van der Waals surface area contributed by atoms with Crippen molar-refractivity contribution in [2.24, 2.45) is 5.41 Å². The highest BCUT2D eigenvalue weighted by Gasteiger charge is 2.51. The van der Waals surface area contributed by atoms with Crippen LogP contribution in [0.3, 0.4) is 0 Å². The van der Waals surface area contributed by atoms with Crippen molar-refractivity contribution in [3.8, 4) is 17.2 Å². The minimum Gasteiger partial charge on any atom is -0.494 e. The van der Waals surface area contributed by atoms with E-state index in [-0.39, 0.29) is 17.7 Å². The zero-order chi connectivity index (χ0) is 27.8. The number of aliphatic hydroxyl groups is 1. The second kappa shape index (κ2) is 10.6. The standard InChI is InChI=1S/C24H31ClN6O6S/c1-13(20(37-6)21-26-11-14(25)12-27-21)38(33,34)30-23-29-28-22(15-10-18(32)24(15,2)3)31(23)19-16(35-4)8-7-9-17(19)36-5/h7-9,11-13,15,18,20,32H,10H2,1-6H3,(H,29,30)/t13-,15-,18?,20-/m0/s1. The Labute approximate surface area is 226 Å². The van der Waals surface area contributed by atoms with Gasteiger partial charge in [-0.05, 0) is 25.5 Å². The smallest absolute Gasteiger partial charge is 0.243 e. The van der Waals surface area contributed by atoms with E-state index < -0.39 is 32.9 Å². The zero-order valence-electron chi connectivity index (χ0n) is 21.9. The topological polar surface area (TPSA) is 151 Å². The number of benzene rings is 1. The lowest BCUT2D eigenvalue weighted by Crippen LogP contribution is -2.48. The molecule has 1 saturated carbocycles. The fourth-order valence-corrected chi connectivity index (χ4v) is 5.79. The van der Waals surface area contributed by atoms with Crippen molar-refractivity contribution in [2.45, 2.75) is 50.6 Å². The highest BCUT2D eigenvalue weighted by Crippen LogP contribution is 2.53. The van der Waals surface area contributed by atoms with Crippen LogP contribution in [0.4, 0.5) is 5.95 Å². The fraction of sp³-hybridized carbons (Fsp3) is 0.500. The number of sulfonamides is 1. The normalized spacial score (nSPS) is 20.3. The maximum absolute atomic E-state index is 13.6. The molecule has 0 aliphatic heterocycles. The molecule has 1 aromatic carbocycles. The van der Waals surface area contributed by atoms with E-state index in [2.05, 4.69) is 24.9 Å². The van der Waals surface area contributed by atoms with Crippen LogP contribution >= 0.6 is 11.6 Å². The zero-order valence-corrected chi connectivity index (χ0v) is 23.5. The van der Waals surface area contributed by atoms with Crippen molar-refractivity contribution >= 4 is 27.6 Å². The number of methoxy groups -OCH3 is 3. The summed E-state index contributed by atoms with van der Waals surface area (Å²) < 4.78 is 48.0. The average molecular weight is 567 g/mol. The Bertz CT molecular complexity index is 1380. The molecule has 1 fully saturated rings. The summed E-state index contributed by atoms with van der Waals surface area (Å²) in [6, 6.07) is 5.20. The predicted octanol–water partition coefficient (Wildman–Crippen LogP) is 3.12. The first-order valence-electron chi connectivity index (χ1n) is 11.8. The van der Waals surface area contributed by atoms with Crippen molar-refractivity contribution in [2.75, 3.05) is 26.1 Å². The number of hydrogen-bond acceptors (Lipinski definition) is 10. The SMILES string of the molecule is COc1cccc(OC)c1-n1c(NS(=O)(=O)[C@@H](C)[C@H](OC)c2ncc(Cl)cn2)nnc1[C@@H]1CC(O)C1(C)C. The van der Waals surface area contributed by atoms with Gasteiger partial charge in [-0.25, -0.2) is 18.4 Å². The molecule has 1 unspecified atom stereocenters. The van der Waals surface area contributed by atoms with Crippen LogP contribution in [0, 0.1) is 5.41 Å². The molecule has 2 N–H and O–H groups in total. The lowest BCUT2D eigenvalue weighted by Gasteiger charge is -2.48. The fourth-order valence-electron chi connectivity index (χ4n) is 4.56. The number of hydrogen-bond donors (Lipinski definition) is 2. The van der Waals surface area contributed by atoms with Crippen molar-refractivity contribution < 1.29 is 27.7 Å². The number of aromatic nitrogens is 5. The summed E-state index contributed by atoms with van der Waals surface area (Å²) >= 11 is 5.88. The molecule has 14 heteroatoms. The van der Waals surface area contributed by atoms with Crippen LogP contribution in [0.1, 0.15) is 50.9 Å². The highest BCUT2D eigenvalue weighted by molar-refractivity contribution is 7.93. The van der Waals surface area contributed by atoms with Crippen LogP contribution in [-0.4, -0.2) is 70.9 Å². The number of rotatable bonds is 10. The number of halogens is 1. The van der Waals surface area contributed by atoms with E-state index in [1.54, 1.807) is 22.8 Å². The van der Waals surface area contributed by atoms with E-state index in [9.17, 15) is 13.5 Å². The summed E-state index contributed by atoms with van der Waals surface area (Å²) in [4.78, 5) is 8.24. The van der Waals surface area contributed by atoms with Crippen LogP contribution in [0.15, 0.2) is 30.6 Å². The number of aliphatic hydroxyl groups excluding tert-OH is 1. The number of ether oxygens (including phenoxy) is 3. The minimum absolute atomic E-state index is 0.0706. The van der Waals surface area contributed by atoms with Crippen LogP contribution in [-0.2, 0) is 14.8 Å². The van der Waals surface area contributed by atoms with Crippen LogP contribution in [0.5, 0.6) is 11.5 Å². The first kappa shape index (κ1) is 28.0. The number of anilines is 1. The van der Waals surface area contributed by atoms with Gasteiger partial charge in [-0.15, -0.1) is 10.2 Å². The second-order valence-electron chi connectivity index (χ2n) is 9.62. The third-order valence-electron chi connectivity index (χ3n) is 7.14. The Morgan fingerprint density at radius 1 is 1.13 bits per heavy atom. The Morgan fingerprint density at radius 3 is 2.24 bits per heavy atom. The van der Waals surface area contributed by atoms with Gasteiger partial charge in [-0.2, -0.15) is 0 Å². The molecule has 1 aliphatic rings. The van der Waals surface area contributed by atoms with Crippen LogP contribution < -0.4 is 14.2 Å². The predicted molar refractivity (Wildman–Crippen MR) is 140 cm³/mol. The van der Waals surface area contributed by atoms with Crippen LogP contribution in [0.2, 0.25) is 5.02 Å². The van der Waals surface area contributed by atoms with E-state index in [4.69, 9.17) is 25.8 Å². The van der Waals surface area contributed by atoms with Gasteiger partial charge in [-0.1, -0.05) is 31.5 Å². The maximum Gasteiger partial charge on any atom is 0.243 e. The van der Waals surface area contributed by atoms with Gasteiger partial charge < -0.3 is 19.3 Å². The lowest BCUT2D eigenvalue weighted by atomic mass is 9.60. The molecule has 3 aromatic rings. The molecule has 206 valence electrons. The van der Waals surface area contributed by atoms with Crippen molar-refractivity contribution in [1.82, 2.24) is 24.7 Å². The summed E-state index contributed by atoms with van der Waals surface area (Å²) in [6.45, 7) is 5.32. The Kier molecular flexibility index (Phi) is 7.84. The molecule has 0 spiro atoms. The average Bonchev–Trinajstić information content (AvgIpc) is 3.29. The van der Waals surface area contributed by atoms with Gasteiger partial charge in [0.05, 0.1) is 25.3 Å². The van der Waals surface area contributed by atoms with Crippen molar-refractivity contribution in [1.29, 1.82) is 0 Å². The first-order chi connectivity index (χ1) is 18.0. The molecule has 38 heavy (non-hydrogen) atoms. The maximum atomic E-state index is 13.6. The molecule has 0 amide bonds. The summed E-state index contributed by atoms with van der Waals surface area (Å²) in [5, 5.41) is 18.2. The number of nitrogens with zero attached hydrogens (tertiary/aromatic N) is 5. The molecule has 4 rings (SSSR count). The quantitative estimate of drug-likeness (QED) is 0.374. The summed E-state index contributed by atoms with van der Waals surface area (Å²) in [5.41, 5.74) is -0.0966. The van der Waals surface area contributed by atoms with E-state index in [0.29, 0.717) is 34.5 Å². The third kappa shape index (κ3) is 4.91. The first-order valence-corrected chi connectivity index (χ1v) is 13.7. The Morgan fingerprint density at radius 2 is 1.74 bits per heavy atom. The molecule has 0 bridgehead atoms. The molecule has 0 radical (unpaired) electrons. The lowest BCUT2D eigenvalue weighted by molar-refractivity contribution is -0.0659. The number of para-hydroxylation sites is 1. The highest BCUT2D eigenvalue weighted by atomic mass is 35.5. The van der Waals surface area contributed by atoms with E-state index in [0.717, 1.165) is 0 Å². The van der Waals surface area contributed by atoms with Gasteiger partial charge in [-0.3, -0.25) is 9.29 Å². The second-order valence-corrected chi connectivity index (χ2v) is 12.1. The van der Waals surface area contributed by atoms with E-state index in [1.807, 2.05) is 13.8 Å². The molecule has 0 saturated heterocycles. The third-order valence-corrected chi connectivity index (χ3v) is 9.03. The summed E-state index contributed by atoms with van der Waals surface area (Å²) in [5.74, 6) is 1.16. The van der Waals surface area contributed by atoms with Crippen LogP contribution in [0.25, 0.3) is 5.69 Å². The molecule has 12 nitrogen and oxygen atoms in total. The Hall–Kier alpha value is -3.00.